The van der Waals surface area contributed by atoms with E-state index in [1.165, 1.54) is 29.8 Å². The van der Waals surface area contributed by atoms with E-state index >= 15 is 0 Å². The van der Waals surface area contributed by atoms with Gasteiger partial charge in [-0.15, -0.1) is 0 Å². The van der Waals surface area contributed by atoms with Crippen molar-refractivity contribution in [3.63, 3.8) is 0 Å². The molecule has 0 spiro atoms. The van der Waals surface area contributed by atoms with Gasteiger partial charge in [-0.3, -0.25) is 14.0 Å². The van der Waals surface area contributed by atoms with Crippen LogP contribution in [0.4, 0.5) is 4.39 Å². The second kappa shape index (κ2) is 9.10. The Bertz CT molecular complexity index is 1270. The maximum absolute atomic E-state index is 14.3. The zero-order valence-corrected chi connectivity index (χ0v) is 18.5. The van der Waals surface area contributed by atoms with Gasteiger partial charge in [-0.1, -0.05) is 29.8 Å². The number of hydrogen-bond donors (Lipinski definition) is 2. The van der Waals surface area contributed by atoms with Crippen LogP contribution in [0.1, 0.15) is 40.9 Å². The van der Waals surface area contributed by atoms with Crippen LogP contribution in [0.25, 0.3) is 5.52 Å². The van der Waals surface area contributed by atoms with Gasteiger partial charge in [-0.2, -0.15) is 0 Å². The first-order chi connectivity index (χ1) is 15.0. The summed E-state index contributed by atoms with van der Waals surface area (Å²) < 4.78 is 20.6. The predicted octanol–water partition coefficient (Wildman–Crippen LogP) is 3.42. The summed E-state index contributed by atoms with van der Waals surface area (Å²) in [6, 6.07) is 9.24. The molecule has 2 N–H and O–H groups in total. The number of fused-ring (bicyclic) bond motifs is 1. The number of rotatable bonds is 7. The SMILES string of the molecule is COC(C)(C)C(=O)NCc1cc(C(=O)O)c(=O)n2cc(Cc3cccc(Cl)c3F)ccc12. The minimum absolute atomic E-state index is 0.00868. The minimum Gasteiger partial charge on any atom is -0.477 e. The molecule has 3 aromatic rings. The average Bonchev–Trinajstić information content (AvgIpc) is 2.76. The second-order valence-corrected chi connectivity index (χ2v) is 8.18. The van der Waals surface area contributed by atoms with Gasteiger partial charge >= 0.3 is 5.97 Å². The Kier molecular flexibility index (Phi) is 6.66. The molecule has 0 bridgehead atoms. The number of carbonyl (C=O) groups is 2. The molecule has 3 rings (SSSR count). The quantitative estimate of drug-likeness (QED) is 0.563. The third kappa shape index (κ3) is 4.66. The lowest BCUT2D eigenvalue weighted by Crippen LogP contribution is -2.43. The molecule has 2 aromatic heterocycles. The lowest BCUT2D eigenvalue weighted by molar-refractivity contribution is -0.139. The van der Waals surface area contributed by atoms with Crippen LogP contribution in [0.2, 0.25) is 5.02 Å². The van der Waals surface area contributed by atoms with Crippen LogP contribution in [-0.2, 0) is 22.5 Å². The third-order valence-electron chi connectivity index (χ3n) is 5.26. The van der Waals surface area contributed by atoms with Crippen molar-refractivity contribution in [1.82, 2.24) is 9.72 Å². The molecular formula is C23H22ClFN2O5. The fourth-order valence-corrected chi connectivity index (χ4v) is 3.39. The highest BCUT2D eigenvalue weighted by molar-refractivity contribution is 6.30. The first kappa shape index (κ1) is 23.4. The van der Waals surface area contributed by atoms with Gasteiger partial charge in [-0.25, -0.2) is 9.18 Å². The number of benzene rings is 1. The van der Waals surface area contributed by atoms with Crippen LogP contribution < -0.4 is 10.9 Å². The summed E-state index contributed by atoms with van der Waals surface area (Å²) in [6.07, 6.45) is 1.62. The van der Waals surface area contributed by atoms with E-state index < -0.39 is 34.4 Å². The van der Waals surface area contributed by atoms with Crippen LogP contribution in [0.15, 0.2) is 47.4 Å². The summed E-state index contributed by atoms with van der Waals surface area (Å²) in [5, 5.41) is 12.2. The highest BCUT2D eigenvalue weighted by Crippen LogP contribution is 2.21. The number of nitrogens with zero attached hydrogens (tertiary/aromatic N) is 1. The summed E-state index contributed by atoms with van der Waals surface area (Å²) in [7, 11) is 1.41. The molecule has 0 saturated heterocycles. The lowest BCUT2D eigenvalue weighted by atomic mass is 10.0. The van der Waals surface area contributed by atoms with E-state index in [-0.39, 0.29) is 18.0 Å². The molecule has 0 aliphatic rings. The number of carbonyl (C=O) groups excluding carboxylic acids is 1. The highest BCUT2D eigenvalue weighted by atomic mass is 35.5. The first-order valence-corrected chi connectivity index (χ1v) is 10.1. The maximum Gasteiger partial charge on any atom is 0.341 e. The molecule has 0 saturated carbocycles. The normalized spacial score (nSPS) is 11.5. The van der Waals surface area contributed by atoms with Crippen LogP contribution >= 0.6 is 11.6 Å². The first-order valence-electron chi connectivity index (χ1n) is 9.72. The summed E-state index contributed by atoms with van der Waals surface area (Å²) in [5.41, 5.74) is -0.469. The van der Waals surface area contributed by atoms with Gasteiger partial charge in [-0.05, 0) is 48.7 Å². The Morgan fingerprint density at radius 2 is 1.94 bits per heavy atom. The summed E-state index contributed by atoms with van der Waals surface area (Å²) in [6.45, 7) is 3.18. The van der Waals surface area contributed by atoms with Gasteiger partial charge in [0.15, 0.2) is 0 Å². The zero-order valence-electron chi connectivity index (χ0n) is 17.7. The molecule has 168 valence electrons. The molecular weight excluding hydrogens is 439 g/mol. The number of amides is 1. The number of nitrogens with one attached hydrogen (secondary N) is 1. The summed E-state index contributed by atoms with van der Waals surface area (Å²) in [5.74, 6) is -2.33. The molecule has 0 radical (unpaired) electrons. The van der Waals surface area contributed by atoms with Gasteiger partial charge < -0.3 is 15.2 Å². The number of ether oxygens (including phenoxy) is 1. The van der Waals surface area contributed by atoms with E-state index in [0.717, 1.165) is 0 Å². The summed E-state index contributed by atoms with van der Waals surface area (Å²) in [4.78, 5) is 36.7. The molecule has 1 aromatic carbocycles. The number of carboxylic acid groups (broad SMARTS) is 1. The van der Waals surface area contributed by atoms with Crippen molar-refractivity contribution in [2.45, 2.75) is 32.4 Å². The second-order valence-electron chi connectivity index (χ2n) is 7.77. The number of aromatic nitrogens is 1. The number of halogens is 2. The molecule has 1 amide bonds. The zero-order chi connectivity index (χ0) is 23.6. The Morgan fingerprint density at radius 3 is 2.59 bits per heavy atom. The Balaban J connectivity index is 2.05. The Labute approximate surface area is 188 Å². The smallest absolute Gasteiger partial charge is 0.341 e. The molecule has 2 heterocycles. The van der Waals surface area contributed by atoms with Crippen molar-refractivity contribution >= 4 is 29.0 Å². The number of carboxylic acids is 1. The largest absolute Gasteiger partial charge is 0.477 e. The van der Waals surface area contributed by atoms with Gasteiger partial charge in [0.25, 0.3) is 11.5 Å². The highest BCUT2D eigenvalue weighted by Gasteiger charge is 2.27. The average molecular weight is 461 g/mol. The van der Waals surface area contributed by atoms with E-state index in [9.17, 15) is 23.9 Å². The third-order valence-corrected chi connectivity index (χ3v) is 5.55. The number of aromatic carboxylic acids is 1. The predicted molar refractivity (Wildman–Crippen MR) is 118 cm³/mol. The number of methoxy groups -OCH3 is 1. The van der Waals surface area contributed by atoms with E-state index in [4.69, 9.17) is 16.3 Å². The molecule has 0 atom stereocenters. The fraction of sp³-hybridized carbons (Fsp3) is 0.261. The van der Waals surface area contributed by atoms with Crippen LogP contribution in [-0.4, -0.2) is 34.1 Å². The van der Waals surface area contributed by atoms with Crippen molar-refractivity contribution in [3.05, 3.63) is 86.0 Å². The Morgan fingerprint density at radius 1 is 1.22 bits per heavy atom. The maximum atomic E-state index is 14.3. The lowest BCUT2D eigenvalue weighted by Gasteiger charge is -2.22. The van der Waals surface area contributed by atoms with Gasteiger partial charge in [0.2, 0.25) is 0 Å². The monoisotopic (exact) mass is 460 g/mol. The minimum atomic E-state index is -1.39. The standard InChI is InChI=1S/C23H22ClFN2O5/c1-23(2,32-3)22(31)26-11-15-10-16(21(29)30)20(28)27-12-13(7-8-18(15)27)9-14-5-4-6-17(24)19(14)25/h4-8,10,12H,9,11H2,1-3H3,(H,26,31)(H,29,30). The fourth-order valence-electron chi connectivity index (χ4n) is 3.20. The van der Waals surface area contributed by atoms with E-state index in [2.05, 4.69) is 5.32 Å². The van der Waals surface area contributed by atoms with Crippen molar-refractivity contribution in [2.75, 3.05) is 7.11 Å². The van der Waals surface area contributed by atoms with Gasteiger partial charge in [0.1, 0.15) is 17.0 Å². The molecule has 0 aliphatic heterocycles. The topological polar surface area (TPSA) is 97.1 Å². The molecule has 32 heavy (non-hydrogen) atoms. The van der Waals surface area contributed by atoms with E-state index in [0.29, 0.717) is 22.2 Å². The van der Waals surface area contributed by atoms with E-state index in [1.54, 1.807) is 38.1 Å². The van der Waals surface area contributed by atoms with E-state index in [1.807, 2.05) is 0 Å². The van der Waals surface area contributed by atoms with Gasteiger partial charge in [0, 0.05) is 26.3 Å². The number of hydrogen-bond acceptors (Lipinski definition) is 4. The molecule has 0 aliphatic carbocycles. The van der Waals surface area contributed by atoms with Crippen molar-refractivity contribution in [3.8, 4) is 0 Å². The van der Waals surface area contributed by atoms with Crippen LogP contribution in [0.3, 0.4) is 0 Å². The van der Waals surface area contributed by atoms with Gasteiger partial charge in [0.05, 0.1) is 10.5 Å². The van der Waals surface area contributed by atoms with Crippen molar-refractivity contribution in [1.29, 1.82) is 0 Å². The molecule has 9 heteroatoms. The Hall–Kier alpha value is -3.23. The summed E-state index contributed by atoms with van der Waals surface area (Å²) >= 11 is 5.84. The molecule has 7 nitrogen and oxygen atoms in total. The van der Waals surface area contributed by atoms with Crippen molar-refractivity contribution < 1.29 is 23.8 Å². The van der Waals surface area contributed by atoms with Crippen LogP contribution in [0, 0.1) is 5.82 Å². The van der Waals surface area contributed by atoms with Crippen molar-refractivity contribution in [2.24, 2.45) is 0 Å². The number of pyridine rings is 2. The molecule has 0 fully saturated rings. The molecule has 0 unspecified atom stereocenters. The van der Waals surface area contributed by atoms with Crippen LogP contribution in [0.5, 0.6) is 0 Å².